The lowest BCUT2D eigenvalue weighted by Gasteiger charge is -2.24. The molecule has 0 saturated carbocycles. The van der Waals surface area contributed by atoms with Gasteiger partial charge in [0, 0.05) is 18.0 Å². The minimum atomic E-state index is -0.622. The van der Waals surface area contributed by atoms with Crippen molar-refractivity contribution >= 4 is 28.7 Å². The van der Waals surface area contributed by atoms with Crippen LogP contribution < -0.4 is 21.9 Å². The molecule has 0 fully saturated rings. The van der Waals surface area contributed by atoms with E-state index in [1.807, 2.05) is 33.8 Å². The number of hydrogen-bond acceptors (Lipinski definition) is 5. The van der Waals surface area contributed by atoms with E-state index in [2.05, 4.69) is 4.98 Å². The fourth-order valence-electron chi connectivity index (χ4n) is 3.12. The normalized spacial score (nSPS) is 11.0. The van der Waals surface area contributed by atoms with E-state index in [0.717, 1.165) is 42.5 Å². The van der Waals surface area contributed by atoms with Crippen LogP contribution >= 0.6 is 11.3 Å². The minimum Gasteiger partial charge on any atom is -0.383 e. The Bertz CT molecular complexity index is 942. The molecule has 8 heteroatoms. The molecule has 2 aromatic rings. The molecule has 7 nitrogen and oxygen atoms in total. The summed E-state index contributed by atoms with van der Waals surface area (Å²) in [4.78, 5) is 43.6. The number of aromatic nitrogens is 2. The maximum absolute atomic E-state index is 13.3. The summed E-state index contributed by atoms with van der Waals surface area (Å²) in [6, 6.07) is 1.86. The lowest BCUT2D eigenvalue weighted by molar-refractivity contribution is 0.0990. The maximum atomic E-state index is 13.3. The Morgan fingerprint density at radius 2 is 1.89 bits per heavy atom. The van der Waals surface area contributed by atoms with Gasteiger partial charge in [-0.15, -0.1) is 11.3 Å². The van der Waals surface area contributed by atoms with Crippen LogP contribution in [-0.4, -0.2) is 22.0 Å². The Morgan fingerprint density at radius 1 is 1.21 bits per heavy atom. The highest BCUT2D eigenvalue weighted by Crippen LogP contribution is 2.27. The number of H-pyrrole nitrogens is 1. The van der Waals surface area contributed by atoms with Gasteiger partial charge in [-0.2, -0.15) is 0 Å². The van der Waals surface area contributed by atoms with Crippen LogP contribution in [0.25, 0.3) is 0 Å². The minimum absolute atomic E-state index is 0.0515. The molecule has 0 unspecified atom stereocenters. The first-order valence-electron chi connectivity index (χ1n) is 9.89. The molecule has 0 bridgehead atoms. The summed E-state index contributed by atoms with van der Waals surface area (Å²) >= 11 is 1.44. The Hall–Kier alpha value is -2.35. The second-order valence-corrected chi connectivity index (χ2v) is 8.02. The number of aryl methyl sites for hydroxylation is 2. The van der Waals surface area contributed by atoms with Crippen molar-refractivity contribution in [1.82, 2.24) is 9.55 Å². The Balaban J connectivity index is 2.57. The van der Waals surface area contributed by atoms with E-state index in [9.17, 15) is 14.4 Å². The van der Waals surface area contributed by atoms with Crippen molar-refractivity contribution in [3.05, 3.63) is 42.2 Å². The number of unbranched alkanes of at least 4 members (excludes halogenated alkanes) is 2. The average Bonchev–Trinajstić information content (AvgIpc) is 3.04. The first-order valence-corrected chi connectivity index (χ1v) is 10.7. The second-order valence-electron chi connectivity index (χ2n) is 6.88. The molecule has 28 heavy (non-hydrogen) atoms. The number of carbonyl (C=O) groups is 1. The highest BCUT2D eigenvalue weighted by atomic mass is 32.1. The summed E-state index contributed by atoms with van der Waals surface area (Å²) in [6.45, 7) is 8.83. The zero-order valence-electron chi connectivity index (χ0n) is 17.1. The van der Waals surface area contributed by atoms with E-state index in [0.29, 0.717) is 18.0 Å². The van der Waals surface area contributed by atoms with Gasteiger partial charge in [0.1, 0.15) is 5.82 Å². The van der Waals surface area contributed by atoms with Crippen LogP contribution in [-0.2, 0) is 13.0 Å². The fraction of sp³-hybridized carbons (Fsp3) is 0.550. The monoisotopic (exact) mass is 406 g/mol. The van der Waals surface area contributed by atoms with Gasteiger partial charge >= 0.3 is 5.69 Å². The molecule has 0 atom stereocenters. The van der Waals surface area contributed by atoms with Crippen LogP contribution in [0.5, 0.6) is 0 Å². The van der Waals surface area contributed by atoms with Gasteiger partial charge in [-0.1, -0.05) is 33.6 Å². The second kappa shape index (κ2) is 9.73. The number of anilines is 2. The molecule has 0 spiro atoms. The number of nitrogens with zero attached hydrogens (tertiary/aromatic N) is 2. The topological polar surface area (TPSA) is 101 Å². The summed E-state index contributed by atoms with van der Waals surface area (Å²) in [6.07, 6.45) is 4.07. The smallest absolute Gasteiger partial charge is 0.330 e. The van der Waals surface area contributed by atoms with Crippen molar-refractivity contribution in [3.8, 4) is 0 Å². The third-order valence-electron chi connectivity index (χ3n) is 4.75. The number of rotatable bonds is 9. The van der Waals surface area contributed by atoms with Gasteiger partial charge in [0.15, 0.2) is 5.69 Å². The van der Waals surface area contributed by atoms with Crippen LogP contribution in [0.4, 0.5) is 11.5 Å². The quantitative estimate of drug-likeness (QED) is 0.667. The van der Waals surface area contributed by atoms with E-state index in [1.165, 1.54) is 20.8 Å². The van der Waals surface area contributed by atoms with E-state index in [-0.39, 0.29) is 17.4 Å². The summed E-state index contributed by atoms with van der Waals surface area (Å²) in [7, 11) is 0. The molecule has 1 amide bonds. The number of nitrogens with two attached hydrogens (primary N) is 1. The Labute approximate surface area is 169 Å². The molecule has 0 aliphatic heterocycles. The number of hydrogen-bond donors (Lipinski definition) is 2. The van der Waals surface area contributed by atoms with Crippen LogP contribution in [0.3, 0.4) is 0 Å². The third kappa shape index (κ3) is 4.55. The van der Waals surface area contributed by atoms with Crippen molar-refractivity contribution in [2.75, 3.05) is 17.2 Å². The van der Waals surface area contributed by atoms with Gasteiger partial charge in [0.25, 0.3) is 11.5 Å². The molecule has 0 saturated heterocycles. The highest BCUT2D eigenvalue weighted by molar-refractivity contribution is 7.14. The summed E-state index contributed by atoms with van der Waals surface area (Å²) in [5.41, 5.74) is 6.21. The summed E-state index contributed by atoms with van der Waals surface area (Å²) in [5, 5.41) is 0. The highest BCUT2D eigenvalue weighted by Gasteiger charge is 2.26. The van der Waals surface area contributed by atoms with E-state index in [1.54, 1.807) is 0 Å². The van der Waals surface area contributed by atoms with Gasteiger partial charge in [-0.05, 0) is 37.8 Å². The number of nitrogen functional groups attached to an aromatic ring is 1. The molecule has 3 N–H and O–H groups in total. The van der Waals surface area contributed by atoms with Gasteiger partial charge in [-0.25, -0.2) is 4.79 Å². The molecule has 0 radical (unpaired) electrons. The third-order valence-corrected chi connectivity index (χ3v) is 6.12. The number of aromatic amines is 1. The summed E-state index contributed by atoms with van der Waals surface area (Å²) in [5.74, 6) is -0.199. The zero-order chi connectivity index (χ0) is 20.8. The van der Waals surface area contributed by atoms with Crippen molar-refractivity contribution in [2.24, 2.45) is 0 Å². The largest absolute Gasteiger partial charge is 0.383 e. The number of carbonyl (C=O) groups excluding carboxylic acids is 1. The van der Waals surface area contributed by atoms with Crippen molar-refractivity contribution in [2.45, 2.75) is 66.3 Å². The fourth-order valence-corrected chi connectivity index (χ4v) is 4.18. The standard InChI is InChI=1S/C20H30N4O3S/c1-5-8-10-23(19(26)15-12-13(4)14(7-3)28-15)16-17(21)24(11-9-6-2)20(27)22-18(16)25/h12H,5-11,21H2,1-4H3,(H,22,25,27). The molecule has 154 valence electrons. The maximum Gasteiger partial charge on any atom is 0.330 e. The predicted molar refractivity (Wildman–Crippen MR) is 116 cm³/mol. The lowest BCUT2D eigenvalue weighted by atomic mass is 10.2. The van der Waals surface area contributed by atoms with Crippen LogP contribution in [0.2, 0.25) is 0 Å². The van der Waals surface area contributed by atoms with Crippen LogP contribution in [0.1, 0.15) is 66.6 Å². The molecule has 2 aromatic heterocycles. The first-order chi connectivity index (χ1) is 13.3. The van der Waals surface area contributed by atoms with Crippen molar-refractivity contribution < 1.29 is 4.79 Å². The molecular formula is C20H30N4O3S. The number of nitrogens with one attached hydrogen (secondary N) is 1. The van der Waals surface area contributed by atoms with Crippen molar-refractivity contribution in [3.63, 3.8) is 0 Å². The molecule has 0 aromatic carbocycles. The number of amides is 1. The van der Waals surface area contributed by atoms with Crippen LogP contribution in [0.15, 0.2) is 15.7 Å². The van der Waals surface area contributed by atoms with E-state index >= 15 is 0 Å². The average molecular weight is 407 g/mol. The lowest BCUT2D eigenvalue weighted by Crippen LogP contribution is -2.41. The molecule has 0 aliphatic carbocycles. The molecular weight excluding hydrogens is 376 g/mol. The predicted octanol–water partition coefficient (Wildman–Crippen LogP) is 3.30. The van der Waals surface area contributed by atoms with Gasteiger partial charge in [-0.3, -0.25) is 24.0 Å². The summed E-state index contributed by atoms with van der Waals surface area (Å²) < 4.78 is 1.35. The molecule has 2 rings (SSSR count). The SMILES string of the molecule is CCCCN(C(=O)c1cc(C)c(CC)s1)c1c(N)n(CCCC)c(=O)[nH]c1=O. The van der Waals surface area contributed by atoms with Crippen LogP contribution in [0, 0.1) is 6.92 Å². The Kier molecular flexibility index (Phi) is 7.62. The van der Waals surface area contributed by atoms with E-state index in [4.69, 9.17) is 5.73 Å². The van der Waals surface area contributed by atoms with Crippen molar-refractivity contribution in [1.29, 1.82) is 0 Å². The zero-order valence-corrected chi connectivity index (χ0v) is 17.9. The van der Waals surface area contributed by atoms with Gasteiger partial charge in [0.2, 0.25) is 0 Å². The first kappa shape index (κ1) is 21.9. The van der Waals surface area contributed by atoms with E-state index < -0.39 is 11.2 Å². The Morgan fingerprint density at radius 3 is 2.46 bits per heavy atom. The molecule has 0 aliphatic rings. The molecule has 2 heterocycles. The number of thiophene rings is 1. The van der Waals surface area contributed by atoms with Gasteiger partial charge < -0.3 is 5.73 Å². The van der Waals surface area contributed by atoms with Gasteiger partial charge in [0.05, 0.1) is 4.88 Å².